The molecule has 0 N–H and O–H groups in total. The highest BCUT2D eigenvalue weighted by atomic mass is 35.5. The van der Waals surface area contributed by atoms with Crippen molar-refractivity contribution in [3.63, 3.8) is 0 Å². The third-order valence-electron chi connectivity index (χ3n) is 4.24. The van der Waals surface area contributed by atoms with E-state index >= 15 is 0 Å². The van der Waals surface area contributed by atoms with E-state index in [1.807, 2.05) is 30.3 Å². The molecule has 0 saturated carbocycles. The van der Waals surface area contributed by atoms with E-state index in [1.165, 1.54) is 0 Å². The van der Waals surface area contributed by atoms with Gasteiger partial charge in [0.2, 0.25) is 6.29 Å². The normalized spacial score (nSPS) is 18.2. The van der Waals surface area contributed by atoms with Crippen LogP contribution in [-0.2, 0) is 23.6 Å². The molecule has 0 spiro atoms. The monoisotopic (exact) mass is 344 g/mol. The first-order chi connectivity index (χ1) is 11.8. The Bertz CT molecular complexity index is 783. The Kier molecular flexibility index (Phi) is 4.08. The van der Waals surface area contributed by atoms with Gasteiger partial charge in [0.15, 0.2) is 0 Å². The molecule has 2 aliphatic rings. The molecule has 2 aromatic rings. The summed E-state index contributed by atoms with van der Waals surface area (Å²) >= 11 is 6.14. The van der Waals surface area contributed by atoms with Gasteiger partial charge in [-0.15, -0.1) is 11.6 Å². The van der Waals surface area contributed by atoms with Crippen LogP contribution in [0.4, 0.5) is 0 Å². The van der Waals surface area contributed by atoms with Crippen molar-refractivity contribution in [2.45, 2.75) is 25.2 Å². The number of halogens is 1. The van der Waals surface area contributed by atoms with Crippen molar-refractivity contribution >= 4 is 11.6 Å². The van der Waals surface area contributed by atoms with Crippen molar-refractivity contribution in [3.8, 4) is 17.2 Å². The Morgan fingerprint density at radius 3 is 2.79 bits per heavy atom. The lowest BCUT2D eigenvalue weighted by Gasteiger charge is -2.30. The quantitative estimate of drug-likeness (QED) is 0.769. The van der Waals surface area contributed by atoms with Crippen LogP contribution in [0, 0.1) is 0 Å². The lowest BCUT2D eigenvalue weighted by molar-refractivity contribution is -0.112. The smallest absolute Gasteiger partial charge is 0.227 e. The van der Waals surface area contributed by atoms with Crippen LogP contribution in [0.5, 0.6) is 17.2 Å². The lowest BCUT2D eigenvalue weighted by atomic mass is 9.99. The third kappa shape index (κ3) is 2.62. The molecule has 5 heteroatoms. The molecule has 24 heavy (non-hydrogen) atoms. The molecule has 0 saturated heterocycles. The molecule has 2 aliphatic heterocycles. The molecule has 4 nitrogen and oxygen atoms in total. The fraction of sp³-hybridized carbons (Fsp3) is 0.263. The van der Waals surface area contributed by atoms with Gasteiger partial charge in [0.25, 0.3) is 0 Å². The van der Waals surface area contributed by atoms with Gasteiger partial charge in [-0.2, -0.15) is 0 Å². The Labute approximate surface area is 145 Å². The van der Waals surface area contributed by atoms with Gasteiger partial charge in [0, 0.05) is 11.1 Å². The third-order valence-corrected chi connectivity index (χ3v) is 4.52. The minimum atomic E-state index is -0.470. The summed E-state index contributed by atoms with van der Waals surface area (Å²) in [6, 6.07) is 9.71. The first kappa shape index (κ1) is 15.4. The van der Waals surface area contributed by atoms with Gasteiger partial charge in [-0.3, -0.25) is 0 Å². The second-order valence-corrected chi connectivity index (χ2v) is 5.96. The minimum absolute atomic E-state index is 0.384. The van der Waals surface area contributed by atoms with Crippen LogP contribution in [0.2, 0.25) is 0 Å². The molecule has 1 atom stereocenters. The SMILES string of the molecule is COc1ccc(C2OCc3c4c(cc(CCl)c3O2)CC=CO4)cc1. The van der Waals surface area contributed by atoms with Crippen LogP contribution in [0.1, 0.15) is 28.5 Å². The van der Waals surface area contributed by atoms with E-state index in [0.29, 0.717) is 12.5 Å². The largest absolute Gasteiger partial charge is 0.497 e. The van der Waals surface area contributed by atoms with Crippen LogP contribution in [-0.4, -0.2) is 7.11 Å². The Balaban J connectivity index is 1.69. The van der Waals surface area contributed by atoms with E-state index < -0.39 is 6.29 Å². The lowest BCUT2D eigenvalue weighted by Crippen LogP contribution is -2.20. The van der Waals surface area contributed by atoms with Crippen molar-refractivity contribution in [1.82, 2.24) is 0 Å². The first-order valence-corrected chi connectivity index (χ1v) is 8.31. The van der Waals surface area contributed by atoms with Crippen molar-refractivity contribution in [2.24, 2.45) is 0 Å². The molecule has 0 aliphatic carbocycles. The Morgan fingerprint density at radius 1 is 1.21 bits per heavy atom. The van der Waals surface area contributed by atoms with Crippen LogP contribution >= 0.6 is 11.6 Å². The number of benzene rings is 2. The van der Waals surface area contributed by atoms with Gasteiger partial charge in [-0.1, -0.05) is 0 Å². The van der Waals surface area contributed by atoms with Crippen LogP contribution < -0.4 is 14.2 Å². The molecule has 2 aromatic carbocycles. The number of fused-ring (bicyclic) bond motifs is 3. The topological polar surface area (TPSA) is 36.9 Å². The molecule has 1 unspecified atom stereocenters. The number of hydrogen-bond donors (Lipinski definition) is 0. The van der Waals surface area contributed by atoms with Gasteiger partial charge in [-0.05, 0) is 48.4 Å². The van der Waals surface area contributed by atoms with Crippen LogP contribution in [0.15, 0.2) is 42.7 Å². The first-order valence-electron chi connectivity index (χ1n) is 7.77. The molecule has 0 aromatic heterocycles. The molecule has 0 radical (unpaired) electrons. The number of ether oxygens (including phenoxy) is 4. The van der Waals surface area contributed by atoms with E-state index in [0.717, 1.165) is 45.9 Å². The van der Waals surface area contributed by atoms with E-state index in [2.05, 4.69) is 6.07 Å². The fourth-order valence-corrected chi connectivity index (χ4v) is 3.22. The molecule has 124 valence electrons. The second kappa shape index (κ2) is 6.38. The Hall–Kier alpha value is -2.17. The standard InChI is InChI=1S/C19H17ClO4/c1-21-15-6-4-12(5-7-15)19-23-11-16-17-13(3-2-8-22-17)9-14(10-20)18(16)24-19/h2,4-9,19H,3,10-11H2,1H3. The molecular formula is C19H17ClO4. The van der Waals surface area contributed by atoms with Crippen molar-refractivity contribution in [3.05, 3.63) is 64.9 Å². The highest BCUT2D eigenvalue weighted by Gasteiger charge is 2.29. The van der Waals surface area contributed by atoms with Gasteiger partial charge in [-0.25, -0.2) is 0 Å². The van der Waals surface area contributed by atoms with Gasteiger partial charge in [0.1, 0.15) is 17.2 Å². The predicted molar refractivity (Wildman–Crippen MR) is 90.6 cm³/mol. The van der Waals surface area contributed by atoms with Crippen LogP contribution in [0.25, 0.3) is 0 Å². The highest BCUT2D eigenvalue weighted by Crippen LogP contribution is 2.44. The number of rotatable bonds is 3. The van der Waals surface area contributed by atoms with Crippen molar-refractivity contribution < 1.29 is 18.9 Å². The summed E-state index contributed by atoms with van der Waals surface area (Å²) < 4.78 is 22.9. The summed E-state index contributed by atoms with van der Waals surface area (Å²) in [5.74, 6) is 2.78. The van der Waals surface area contributed by atoms with Gasteiger partial charge >= 0.3 is 0 Å². The maximum atomic E-state index is 6.14. The molecule has 0 fully saturated rings. The summed E-state index contributed by atoms with van der Waals surface area (Å²) in [4.78, 5) is 0. The number of alkyl halides is 1. The fourth-order valence-electron chi connectivity index (χ4n) is 3.02. The van der Waals surface area contributed by atoms with Gasteiger partial charge < -0.3 is 18.9 Å². The summed E-state index contributed by atoms with van der Waals surface area (Å²) in [7, 11) is 1.64. The summed E-state index contributed by atoms with van der Waals surface area (Å²) in [6.45, 7) is 0.424. The summed E-state index contributed by atoms with van der Waals surface area (Å²) in [5.41, 5.74) is 3.94. The Morgan fingerprint density at radius 2 is 2.04 bits per heavy atom. The zero-order valence-electron chi connectivity index (χ0n) is 13.3. The van der Waals surface area contributed by atoms with Crippen molar-refractivity contribution in [1.29, 1.82) is 0 Å². The van der Waals surface area contributed by atoms with E-state index in [4.69, 9.17) is 30.5 Å². The number of methoxy groups -OCH3 is 1. The zero-order chi connectivity index (χ0) is 16.5. The number of allylic oxidation sites excluding steroid dienone is 1. The second-order valence-electron chi connectivity index (χ2n) is 5.69. The molecule has 4 rings (SSSR count). The van der Waals surface area contributed by atoms with E-state index in [1.54, 1.807) is 13.4 Å². The average molecular weight is 345 g/mol. The minimum Gasteiger partial charge on any atom is -0.497 e. The highest BCUT2D eigenvalue weighted by molar-refractivity contribution is 6.17. The van der Waals surface area contributed by atoms with Crippen molar-refractivity contribution in [2.75, 3.05) is 7.11 Å². The molecule has 0 amide bonds. The zero-order valence-corrected chi connectivity index (χ0v) is 14.0. The molecule has 2 heterocycles. The predicted octanol–water partition coefficient (Wildman–Crippen LogP) is 4.49. The van der Waals surface area contributed by atoms with E-state index in [-0.39, 0.29) is 0 Å². The maximum absolute atomic E-state index is 6.14. The maximum Gasteiger partial charge on any atom is 0.227 e. The van der Waals surface area contributed by atoms with E-state index in [9.17, 15) is 0 Å². The molecular weight excluding hydrogens is 328 g/mol. The summed E-state index contributed by atoms with van der Waals surface area (Å²) in [6.07, 6.45) is 4.05. The average Bonchev–Trinajstić information content (AvgIpc) is 2.67. The molecule has 0 bridgehead atoms. The number of hydrogen-bond acceptors (Lipinski definition) is 4. The van der Waals surface area contributed by atoms with Gasteiger partial charge in [0.05, 0.1) is 31.4 Å². The summed E-state index contributed by atoms with van der Waals surface area (Å²) in [5, 5.41) is 0. The van der Waals surface area contributed by atoms with Crippen LogP contribution in [0.3, 0.4) is 0 Å².